The molecule has 2 aromatic rings. The third-order valence-electron chi connectivity index (χ3n) is 3.17. The van der Waals surface area contributed by atoms with Crippen molar-refractivity contribution in [3.05, 3.63) is 59.2 Å². The lowest BCUT2D eigenvalue weighted by Crippen LogP contribution is -1.98. The SMILES string of the molecule is CCOC(=O)/C=C/c1cccc(/C=C/c2cc(O)c(O)c(O)c2)c1. The number of phenols is 3. The quantitative estimate of drug-likeness (QED) is 0.338. The molecule has 2 rings (SSSR count). The van der Waals surface area contributed by atoms with Crippen LogP contribution in [0.5, 0.6) is 17.2 Å². The Morgan fingerprint density at radius 2 is 1.54 bits per heavy atom. The minimum atomic E-state index is -0.543. The summed E-state index contributed by atoms with van der Waals surface area (Å²) in [5.74, 6) is -1.71. The van der Waals surface area contributed by atoms with Crippen LogP contribution in [0.25, 0.3) is 18.2 Å². The molecule has 24 heavy (non-hydrogen) atoms. The number of hydrogen-bond donors (Lipinski definition) is 3. The first kappa shape index (κ1) is 17.1. The van der Waals surface area contributed by atoms with Crippen molar-refractivity contribution >= 4 is 24.2 Å². The van der Waals surface area contributed by atoms with Gasteiger partial charge in [0.1, 0.15) is 0 Å². The zero-order chi connectivity index (χ0) is 17.5. The molecule has 3 N–H and O–H groups in total. The summed E-state index contributed by atoms with van der Waals surface area (Å²) in [6.07, 6.45) is 6.50. The van der Waals surface area contributed by atoms with Gasteiger partial charge in [0, 0.05) is 6.08 Å². The van der Waals surface area contributed by atoms with Gasteiger partial charge in [-0.25, -0.2) is 4.79 Å². The molecule has 0 unspecified atom stereocenters. The summed E-state index contributed by atoms with van der Waals surface area (Å²) in [6, 6.07) is 10.1. The Bertz CT molecular complexity index is 767. The van der Waals surface area contributed by atoms with Crippen molar-refractivity contribution < 1.29 is 24.9 Å². The van der Waals surface area contributed by atoms with Gasteiger partial charge in [-0.05, 0) is 47.9 Å². The zero-order valence-electron chi connectivity index (χ0n) is 13.1. The van der Waals surface area contributed by atoms with Crippen LogP contribution in [0.15, 0.2) is 42.5 Å². The van der Waals surface area contributed by atoms with Crippen LogP contribution >= 0.6 is 0 Å². The van der Waals surface area contributed by atoms with Crippen molar-refractivity contribution in [3.63, 3.8) is 0 Å². The van der Waals surface area contributed by atoms with Gasteiger partial charge in [0.2, 0.25) is 0 Å². The van der Waals surface area contributed by atoms with Gasteiger partial charge in [0.25, 0.3) is 0 Å². The van der Waals surface area contributed by atoms with Gasteiger partial charge in [-0.15, -0.1) is 0 Å². The standard InChI is InChI=1S/C19H18O5/c1-2-24-18(22)9-8-14-5-3-4-13(10-14)6-7-15-11-16(20)19(23)17(21)12-15/h3-12,20-21,23H,2H2,1H3/b7-6+,9-8+. The Morgan fingerprint density at radius 3 is 2.17 bits per heavy atom. The van der Waals surface area contributed by atoms with Crippen LogP contribution in [0.2, 0.25) is 0 Å². The molecule has 0 saturated heterocycles. The third kappa shape index (κ3) is 4.64. The molecule has 0 aromatic heterocycles. The molecule has 2 aromatic carbocycles. The molecule has 0 aliphatic rings. The summed E-state index contributed by atoms with van der Waals surface area (Å²) >= 11 is 0. The van der Waals surface area contributed by atoms with Crippen LogP contribution < -0.4 is 0 Å². The summed E-state index contributed by atoms with van der Waals surface area (Å²) in [5, 5.41) is 28.3. The highest BCUT2D eigenvalue weighted by Gasteiger charge is 2.06. The van der Waals surface area contributed by atoms with E-state index in [0.29, 0.717) is 12.2 Å². The molecular weight excluding hydrogens is 308 g/mol. The second-order valence-corrected chi connectivity index (χ2v) is 5.00. The van der Waals surface area contributed by atoms with Gasteiger partial charge >= 0.3 is 5.97 Å². The maximum absolute atomic E-state index is 11.3. The van der Waals surface area contributed by atoms with E-state index in [9.17, 15) is 20.1 Å². The van der Waals surface area contributed by atoms with Crippen molar-refractivity contribution in [2.45, 2.75) is 6.92 Å². The predicted molar refractivity (Wildman–Crippen MR) is 92.5 cm³/mol. The lowest BCUT2D eigenvalue weighted by Gasteiger charge is -2.02. The van der Waals surface area contributed by atoms with Crippen molar-refractivity contribution in [2.75, 3.05) is 6.61 Å². The van der Waals surface area contributed by atoms with Crippen LogP contribution in [-0.4, -0.2) is 27.9 Å². The second-order valence-electron chi connectivity index (χ2n) is 5.00. The molecule has 0 bridgehead atoms. The number of carbonyl (C=O) groups is 1. The van der Waals surface area contributed by atoms with Crippen molar-refractivity contribution in [2.24, 2.45) is 0 Å². The van der Waals surface area contributed by atoms with Crippen LogP contribution in [0, 0.1) is 0 Å². The first-order valence-electron chi connectivity index (χ1n) is 7.37. The van der Waals surface area contributed by atoms with Crippen LogP contribution in [0.1, 0.15) is 23.6 Å². The number of ether oxygens (including phenoxy) is 1. The van der Waals surface area contributed by atoms with Crippen LogP contribution in [0.3, 0.4) is 0 Å². The molecule has 0 spiro atoms. The number of phenolic OH excluding ortho intramolecular Hbond substituents is 3. The van der Waals surface area contributed by atoms with E-state index in [4.69, 9.17) is 4.74 Å². The molecule has 5 nitrogen and oxygen atoms in total. The topological polar surface area (TPSA) is 87.0 Å². The Morgan fingerprint density at radius 1 is 0.958 bits per heavy atom. The van der Waals surface area contributed by atoms with E-state index in [1.165, 1.54) is 18.2 Å². The van der Waals surface area contributed by atoms with E-state index in [1.807, 2.05) is 24.3 Å². The largest absolute Gasteiger partial charge is 0.504 e. The number of benzene rings is 2. The molecule has 0 aliphatic heterocycles. The summed E-state index contributed by atoms with van der Waals surface area (Å²) < 4.78 is 4.82. The summed E-state index contributed by atoms with van der Waals surface area (Å²) in [6.45, 7) is 2.08. The lowest BCUT2D eigenvalue weighted by atomic mass is 10.1. The smallest absolute Gasteiger partial charge is 0.330 e. The van der Waals surface area contributed by atoms with Gasteiger partial charge in [0.15, 0.2) is 17.2 Å². The molecule has 0 aliphatic carbocycles. The Balaban J connectivity index is 2.16. The van der Waals surface area contributed by atoms with Crippen LogP contribution in [0.4, 0.5) is 0 Å². The number of esters is 1. The lowest BCUT2D eigenvalue weighted by molar-refractivity contribution is -0.137. The molecule has 0 fully saturated rings. The highest BCUT2D eigenvalue weighted by Crippen LogP contribution is 2.35. The van der Waals surface area contributed by atoms with Gasteiger partial charge in [-0.1, -0.05) is 30.4 Å². The number of carbonyl (C=O) groups excluding carboxylic acids is 1. The molecule has 0 atom stereocenters. The van der Waals surface area contributed by atoms with E-state index < -0.39 is 11.7 Å². The Kier molecular flexibility index (Phi) is 5.63. The normalized spacial score (nSPS) is 11.2. The number of rotatable bonds is 5. The number of hydrogen-bond acceptors (Lipinski definition) is 5. The monoisotopic (exact) mass is 326 g/mol. The van der Waals surface area contributed by atoms with E-state index >= 15 is 0 Å². The van der Waals surface area contributed by atoms with Gasteiger partial charge in [0.05, 0.1) is 6.61 Å². The average molecular weight is 326 g/mol. The molecular formula is C19H18O5. The molecule has 5 heteroatoms. The maximum Gasteiger partial charge on any atom is 0.330 e. The molecule has 0 amide bonds. The first-order chi connectivity index (χ1) is 11.5. The van der Waals surface area contributed by atoms with Gasteiger partial charge in [-0.3, -0.25) is 0 Å². The van der Waals surface area contributed by atoms with E-state index in [-0.39, 0.29) is 11.5 Å². The molecule has 124 valence electrons. The van der Waals surface area contributed by atoms with E-state index in [0.717, 1.165) is 11.1 Å². The fourth-order valence-corrected chi connectivity index (χ4v) is 2.03. The predicted octanol–water partition coefficient (Wildman–Crippen LogP) is 3.55. The molecule has 0 saturated carbocycles. The summed E-state index contributed by atoms with van der Waals surface area (Å²) in [5.41, 5.74) is 2.24. The minimum Gasteiger partial charge on any atom is -0.504 e. The van der Waals surface area contributed by atoms with Gasteiger partial charge < -0.3 is 20.1 Å². The minimum absolute atomic E-state index is 0.332. The first-order valence-corrected chi connectivity index (χ1v) is 7.37. The van der Waals surface area contributed by atoms with Crippen LogP contribution in [-0.2, 0) is 9.53 Å². The maximum atomic E-state index is 11.3. The number of aromatic hydroxyl groups is 3. The fourth-order valence-electron chi connectivity index (χ4n) is 2.03. The van der Waals surface area contributed by atoms with E-state index in [2.05, 4.69) is 0 Å². The zero-order valence-corrected chi connectivity index (χ0v) is 13.1. The highest BCUT2D eigenvalue weighted by molar-refractivity contribution is 5.87. The summed E-state index contributed by atoms with van der Waals surface area (Å²) in [4.78, 5) is 11.3. The van der Waals surface area contributed by atoms with Crippen molar-refractivity contribution in [3.8, 4) is 17.2 Å². The molecule has 0 radical (unpaired) electrons. The third-order valence-corrected chi connectivity index (χ3v) is 3.17. The second kappa shape index (κ2) is 7.87. The summed E-state index contributed by atoms with van der Waals surface area (Å²) in [7, 11) is 0. The molecule has 0 heterocycles. The van der Waals surface area contributed by atoms with E-state index in [1.54, 1.807) is 25.2 Å². The van der Waals surface area contributed by atoms with Crippen molar-refractivity contribution in [1.29, 1.82) is 0 Å². The Hall–Kier alpha value is -3.21. The highest BCUT2D eigenvalue weighted by atomic mass is 16.5. The fraction of sp³-hybridized carbons (Fsp3) is 0.105. The average Bonchev–Trinajstić information content (AvgIpc) is 2.56. The van der Waals surface area contributed by atoms with Crippen molar-refractivity contribution in [1.82, 2.24) is 0 Å². The van der Waals surface area contributed by atoms with Gasteiger partial charge in [-0.2, -0.15) is 0 Å². The Labute approximate surface area is 139 Å².